The molecule has 0 fully saturated rings. The highest BCUT2D eigenvalue weighted by molar-refractivity contribution is 5.92. The molecule has 7 nitrogen and oxygen atoms in total. The molecule has 0 amide bonds. The normalized spacial score (nSPS) is 10.7. The van der Waals surface area contributed by atoms with Crippen LogP contribution >= 0.6 is 0 Å². The molecule has 0 atom stereocenters. The Kier molecular flexibility index (Phi) is 4.14. The van der Waals surface area contributed by atoms with E-state index in [1.54, 1.807) is 12.1 Å². The summed E-state index contributed by atoms with van der Waals surface area (Å²) in [7, 11) is 2.62. The van der Waals surface area contributed by atoms with E-state index >= 15 is 0 Å². The molecule has 7 heteroatoms. The van der Waals surface area contributed by atoms with Crippen molar-refractivity contribution < 1.29 is 18.8 Å². The van der Waals surface area contributed by atoms with Crippen molar-refractivity contribution in [3.8, 4) is 22.6 Å². The van der Waals surface area contributed by atoms with Crippen molar-refractivity contribution in [2.75, 3.05) is 14.2 Å². The Balaban J connectivity index is 2.40. The van der Waals surface area contributed by atoms with Crippen molar-refractivity contribution in [1.82, 2.24) is 0 Å². The molecule has 0 unspecified atom stereocenters. The van der Waals surface area contributed by atoms with Gasteiger partial charge in [0.1, 0.15) is 0 Å². The molecule has 0 aliphatic heterocycles. The van der Waals surface area contributed by atoms with Gasteiger partial charge in [0, 0.05) is 11.5 Å². The van der Waals surface area contributed by atoms with Crippen molar-refractivity contribution in [2.45, 2.75) is 6.92 Å². The zero-order valence-corrected chi connectivity index (χ0v) is 13.9. The SMILES string of the molecule is COc1c([N+](=O)[O-])cc2cc(-c3ccccc3C)c(=O)oc2c1OC. The van der Waals surface area contributed by atoms with Crippen LogP contribution in [0, 0.1) is 17.0 Å². The fourth-order valence-corrected chi connectivity index (χ4v) is 2.78. The summed E-state index contributed by atoms with van der Waals surface area (Å²) in [6, 6.07) is 10.2. The first-order valence-electron chi connectivity index (χ1n) is 7.41. The maximum absolute atomic E-state index is 12.5. The molecular formula is C18H15NO6. The van der Waals surface area contributed by atoms with Gasteiger partial charge in [-0.05, 0) is 24.1 Å². The predicted molar refractivity (Wildman–Crippen MR) is 92.4 cm³/mol. The maximum Gasteiger partial charge on any atom is 0.344 e. The number of hydrogen-bond donors (Lipinski definition) is 0. The lowest BCUT2D eigenvalue weighted by atomic mass is 10.0. The molecule has 0 saturated heterocycles. The van der Waals surface area contributed by atoms with E-state index in [-0.39, 0.29) is 22.8 Å². The number of rotatable bonds is 4. The van der Waals surface area contributed by atoms with Crippen LogP contribution in [0.1, 0.15) is 5.56 Å². The standard InChI is InChI=1S/C18H15NO6/c1-10-6-4-5-7-12(10)13-8-11-9-14(19(21)22)16(23-2)17(24-3)15(11)25-18(13)20/h4-9H,1-3H3. The molecule has 0 bridgehead atoms. The van der Waals surface area contributed by atoms with Gasteiger partial charge in [-0.15, -0.1) is 0 Å². The first-order chi connectivity index (χ1) is 12.0. The monoisotopic (exact) mass is 341 g/mol. The Morgan fingerprint density at radius 1 is 1.04 bits per heavy atom. The number of hydrogen-bond acceptors (Lipinski definition) is 6. The van der Waals surface area contributed by atoms with Gasteiger partial charge in [-0.1, -0.05) is 24.3 Å². The van der Waals surface area contributed by atoms with Crippen molar-refractivity contribution in [3.63, 3.8) is 0 Å². The summed E-state index contributed by atoms with van der Waals surface area (Å²) in [5, 5.41) is 11.7. The Morgan fingerprint density at radius 2 is 1.72 bits per heavy atom. The average Bonchev–Trinajstić information content (AvgIpc) is 2.60. The molecule has 3 rings (SSSR count). The van der Waals surface area contributed by atoms with Gasteiger partial charge < -0.3 is 13.9 Å². The molecule has 0 saturated carbocycles. The lowest BCUT2D eigenvalue weighted by molar-refractivity contribution is -0.385. The van der Waals surface area contributed by atoms with Crippen molar-refractivity contribution in [1.29, 1.82) is 0 Å². The van der Waals surface area contributed by atoms with Crippen LogP contribution in [0.4, 0.5) is 5.69 Å². The highest BCUT2D eigenvalue weighted by Crippen LogP contribution is 2.43. The largest absolute Gasteiger partial charge is 0.490 e. The lowest BCUT2D eigenvalue weighted by Crippen LogP contribution is -2.05. The molecule has 2 aromatic carbocycles. The molecule has 25 heavy (non-hydrogen) atoms. The molecule has 0 aliphatic rings. The van der Waals surface area contributed by atoms with Crippen LogP contribution in [-0.2, 0) is 0 Å². The topological polar surface area (TPSA) is 91.8 Å². The van der Waals surface area contributed by atoms with Crippen molar-refractivity contribution >= 4 is 16.7 Å². The third-order valence-electron chi connectivity index (χ3n) is 3.95. The minimum Gasteiger partial charge on any atom is -0.490 e. The first kappa shape index (κ1) is 16.5. The summed E-state index contributed by atoms with van der Waals surface area (Å²) in [5.41, 5.74) is 1.20. The van der Waals surface area contributed by atoms with E-state index in [1.165, 1.54) is 20.3 Å². The quantitative estimate of drug-likeness (QED) is 0.408. The summed E-state index contributed by atoms with van der Waals surface area (Å²) in [5.74, 6) is -0.0769. The number of nitro groups is 1. The van der Waals surface area contributed by atoms with Crippen molar-refractivity contribution in [2.24, 2.45) is 0 Å². The van der Waals surface area contributed by atoms with Crippen LogP contribution in [0.25, 0.3) is 22.1 Å². The van der Waals surface area contributed by atoms with E-state index in [4.69, 9.17) is 13.9 Å². The first-order valence-corrected chi connectivity index (χ1v) is 7.41. The number of nitrogens with zero attached hydrogens (tertiary/aromatic N) is 1. The van der Waals surface area contributed by atoms with Gasteiger partial charge in [-0.2, -0.15) is 0 Å². The second-order valence-electron chi connectivity index (χ2n) is 5.40. The van der Waals surface area contributed by atoms with Gasteiger partial charge in [0.25, 0.3) is 0 Å². The Bertz CT molecular complexity index is 1040. The predicted octanol–water partition coefficient (Wildman–Crippen LogP) is 3.69. The van der Waals surface area contributed by atoms with E-state index in [1.807, 2.05) is 25.1 Å². The van der Waals surface area contributed by atoms with Crippen LogP contribution in [0.5, 0.6) is 11.5 Å². The minimum atomic E-state index is -0.570. The highest BCUT2D eigenvalue weighted by Gasteiger charge is 2.26. The van der Waals surface area contributed by atoms with Crippen LogP contribution in [0.15, 0.2) is 45.6 Å². The van der Waals surface area contributed by atoms with Crippen molar-refractivity contribution in [3.05, 3.63) is 62.5 Å². The molecule has 0 aliphatic carbocycles. The number of aryl methyl sites for hydroxylation is 1. The number of fused-ring (bicyclic) bond motifs is 1. The fourth-order valence-electron chi connectivity index (χ4n) is 2.78. The van der Waals surface area contributed by atoms with E-state index in [9.17, 15) is 14.9 Å². The van der Waals surface area contributed by atoms with Gasteiger partial charge >= 0.3 is 11.3 Å². The Morgan fingerprint density at radius 3 is 2.32 bits per heavy atom. The number of methoxy groups -OCH3 is 2. The van der Waals surface area contributed by atoms with Gasteiger partial charge in [0.05, 0.1) is 24.7 Å². The smallest absolute Gasteiger partial charge is 0.344 e. The number of benzene rings is 2. The second kappa shape index (κ2) is 6.27. The Hall–Kier alpha value is -3.35. The van der Waals surface area contributed by atoms with Crippen LogP contribution in [-0.4, -0.2) is 19.1 Å². The Labute approximate surface area is 142 Å². The average molecular weight is 341 g/mol. The zero-order chi connectivity index (χ0) is 18.1. The van der Waals surface area contributed by atoms with E-state index in [0.29, 0.717) is 16.5 Å². The van der Waals surface area contributed by atoms with Crippen LogP contribution in [0.2, 0.25) is 0 Å². The van der Waals surface area contributed by atoms with Gasteiger partial charge in [-0.3, -0.25) is 10.1 Å². The summed E-state index contributed by atoms with van der Waals surface area (Å²) < 4.78 is 15.7. The minimum absolute atomic E-state index is 0.0140. The van der Waals surface area contributed by atoms with Gasteiger partial charge in [0.2, 0.25) is 11.5 Å². The number of ether oxygens (including phenoxy) is 2. The molecule has 1 aromatic heterocycles. The van der Waals surface area contributed by atoms with E-state index < -0.39 is 10.5 Å². The molecule has 3 aromatic rings. The van der Waals surface area contributed by atoms with Crippen LogP contribution < -0.4 is 15.1 Å². The highest BCUT2D eigenvalue weighted by atomic mass is 16.6. The van der Waals surface area contributed by atoms with E-state index in [0.717, 1.165) is 5.56 Å². The lowest BCUT2D eigenvalue weighted by Gasteiger charge is -2.11. The third kappa shape index (κ3) is 2.69. The van der Waals surface area contributed by atoms with E-state index in [2.05, 4.69) is 0 Å². The number of nitro benzene ring substituents is 1. The summed E-state index contributed by atoms with van der Waals surface area (Å²) in [4.78, 5) is 23.3. The second-order valence-corrected chi connectivity index (χ2v) is 5.40. The zero-order valence-electron chi connectivity index (χ0n) is 13.9. The summed E-state index contributed by atoms with van der Waals surface area (Å²) in [6.45, 7) is 1.87. The third-order valence-corrected chi connectivity index (χ3v) is 3.95. The summed E-state index contributed by atoms with van der Waals surface area (Å²) >= 11 is 0. The molecule has 1 heterocycles. The van der Waals surface area contributed by atoms with Gasteiger partial charge in [0.15, 0.2) is 5.58 Å². The fraction of sp³-hybridized carbons (Fsp3) is 0.167. The molecule has 0 N–H and O–H groups in total. The molecular weight excluding hydrogens is 326 g/mol. The van der Waals surface area contributed by atoms with Gasteiger partial charge in [-0.25, -0.2) is 4.79 Å². The molecule has 128 valence electrons. The molecule has 0 spiro atoms. The maximum atomic E-state index is 12.5. The van der Waals surface area contributed by atoms with Crippen LogP contribution in [0.3, 0.4) is 0 Å². The summed E-state index contributed by atoms with van der Waals surface area (Å²) in [6.07, 6.45) is 0. The molecule has 0 radical (unpaired) electrons.